The number of nitrogens with zero attached hydrogens (tertiary/aromatic N) is 3. The van der Waals surface area contributed by atoms with Gasteiger partial charge in [-0.05, 0) is 54.1 Å². The van der Waals surface area contributed by atoms with Gasteiger partial charge in [-0.1, -0.05) is 0 Å². The van der Waals surface area contributed by atoms with Gasteiger partial charge in [0.25, 0.3) is 5.91 Å². The molecule has 1 aromatic carbocycles. The molecule has 1 fully saturated rings. The minimum absolute atomic E-state index is 0.0512. The second-order valence-corrected chi connectivity index (χ2v) is 11.6. The number of hydrogen-bond donors (Lipinski definition) is 1. The van der Waals surface area contributed by atoms with E-state index in [0.717, 1.165) is 25.2 Å². The summed E-state index contributed by atoms with van der Waals surface area (Å²) in [7, 11) is -3.15. The van der Waals surface area contributed by atoms with E-state index in [2.05, 4.69) is 26.8 Å². The number of hydrazone groups is 1. The topological polar surface area (TPSA) is 99.2 Å². The van der Waals surface area contributed by atoms with Crippen LogP contribution in [-0.2, 0) is 32.4 Å². The Morgan fingerprint density at radius 3 is 2.69 bits per heavy atom. The number of amides is 2. The van der Waals surface area contributed by atoms with Crippen molar-refractivity contribution in [1.29, 1.82) is 0 Å². The van der Waals surface area contributed by atoms with Crippen LogP contribution in [0.4, 0.5) is 11.4 Å². The molecule has 32 heavy (non-hydrogen) atoms. The van der Waals surface area contributed by atoms with Gasteiger partial charge in [-0.15, -0.1) is 11.3 Å². The smallest absolute Gasteiger partial charge is 0.271 e. The monoisotopic (exact) mass is 472 g/mol. The van der Waals surface area contributed by atoms with Crippen LogP contribution in [0.3, 0.4) is 0 Å². The minimum atomic E-state index is -3.15. The molecule has 168 valence electrons. The summed E-state index contributed by atoms with van der Waals surface area (Å²) in [5, 5.41) is 10.4. The van der Waals surface area contributed by atoms with Crippen LogP contribution >= 0.6 is 11.3 Å². The third-order valence-electron chi connectivity index (χ3n) is 6.17. The molecule has 1 saturated heterocycles. The number of benzene rings is 1. The van der Waals surface area contributed by atoms with Gasteiger partial charge in [0.05, 0.1) is 17.5 Å². The van der Waals surface area contributed by atoms with E-state index in [0.29, 0.717) is 12.1 Å². The van der Waals surface area contributed by atoms with Gasteiger partial charge in [0.1, 0.15) is 5.71 Å². The van der Waals surface area contributed by atoms with E-state index in [4.69, 9.17) is 0 Å². The van der Waals surface area contributed by atoms with Crippen LogP contribution < -0.4 is 10.2 Å². The second kappa shape index (κ2) is 8.32. The number of hydrogen-bond acceptors (Lipinski definition) is 7. The third-order valence-corrected chi connectivity index (χ3v) is 8.95. The SMILES string of the molecule is O=C(Nc1ccc(N2CCc3sccc3C2)cc1)C1=NN(C2CCS(=O)(=O)C2)C(=O)CC1. The molecule has 1 atom stereocenters. The first-order chi connectivity index (χ1) is 15.4. The first-order valence-corrected chi connectivity index (χ1v) is 13.4. The fourth-order valence-corrected chi connectivity index (χ4v) is 7.00. The van der Waals surface area contributed by atoms with Gasteiger partial charge >= 0.3 is 0 Å². The minimum Gasteiger partial charge on any atom is -0.367 e. The number of anilines is 2. The number of thiophene rings is 1. The quantitative estimate of drug-likeness (QED) is 0.737. The van der Waals surface area contributed by atoms with Crippen LogP contribution in [0.25, 0.3) is 0 Å². The van der Waals surface area contributed by atoms with Crippen LogP contribution in [0.2, 0.25) is 0 Å². The first kappa shape index (κ1) is 21.1. The highest BCUT2D eigenvalue weighted by Crippen LogP contribution is 2.28. The molecule has 0 saturated carbocycles. The lowest BCUT2D eigenvalue weighted by Gasteiger charge is -2.29. The molecule has 8 nitrogen and oxygen atoms in total. The molecule has 4 heterocycles. The third kappa shape index (κ3) is 4.29. The van der Waals surface area contributed by atoms with Crippen molar-refractivity contribution in [3.8, 4) is 0 Å². The van der Waals surface area contributed by atoms with Gasteiger partial charge < -0.3 is 10.2 Å². The second-order valence-electron chi connectivity index (χ2n) is 8.38. The summed E-state index contributed by atoms with van der Waals surface area (Å²) in [6.07, 6.45) is 1.80. The molecule has 2 amide bonds. The normalized spacial score (nSPS) is 22.4. The molecule has 3 aliphatic heterocycles. The molecule has 1 aromatic heterocycles. The number of rotatable bonds is 4. The Labute approximate surface area is 190 Å². The van der Waals surface area contributed by atoms with Gasteiger partial charge in [0.2, 0.25) is 5.91 Å². The first-order valence-electron chi connectivity index (χ1n) is 10.7. The van der Waals surface area contributed by atoms with E-state index in [1.165, 1.54) is 15.4 Å². The Morgan fingerprint density at radius 1 is 1.12 bits per heavy atom. The van der Waals surface area contributed by atoms with Crippen molar-refractivity contribution in [3.63, 3.8) is 0 Å². The Kier molecular flexibility index (Phi) is 5.50. The van der Waals surface area contributed by atoms with Crippen molar-refractivity contribution < 1.29 is 18.0 Å². The highest BCUT2D eigenvalue weighted by molar-refractivity contribution is 7.91. The molecule has 0 bridgehead atoms. The zero-order chi connectivity index (χ0) is 22.3. The van der Waals surface area contributed by atoms with Crippen LogP contribution in [0.15, 0.2) is 40.8 Å². The zero-order valence-corrected chi connectivity index (χ0v) is 19.1. The van der Waals surface area contributed by atoms with Crippen molar-refractivity contribution in [3.05, 3.63) is 46.2 Å². The summed E-state index contributed by atoms with van der Waals surface area (Å²) in [5.74, 6) is -0.641. The van der Waals surface area contributed by atoms with E-state index in [1.54, 1.807) is 0 Å². The zero-order valence-electron chi connectivity index (χ0n) is 17.5. The number of fused-ring (bicyclic) bond motifs is 1. The van der Waals surface area contributed by atoms with Crippen LogP contribution in [0, 0.1) is 0 Å². The standard InChI is InChI=1S/C22H24N4O4S2/c27-21-6-5-19(24-26(21)18-9-12-32(29,30)14-18)22(28)23-16-1-3-17(4-2-16)25-10-7-20-15(13-25)8-11-31-20/h1-4,8,11,18H,5-7,9-10,12-14H2,(H,23,28). The van der Waals surface area contributed by atoms with E-state index in [9.17, 15) is 18.0 Å². The predicted molar refractivity (Wildman–Crippen MR) is 125 cm³/mol. The summed E-state index contributed by atoms with van der Waals surface area (Å²) >= 11 is 1.81. The maximum Gasteiger partial charge on any atom is 0.271 e. The van der Waals surface area contributed by atoms with E-state index in [1.807, 2.05) is 35.6 Å². The lowest BCUT2D eigenvalue weighted by Crippen LogP contribution is -2.42. The number of carbonyl (C=O) groups is 2. The summed E-state index contributed by atoms with van der Waals surface area (Å²) < 4.78 is 23.5. The van der Waals surface area contributed by atoms with Crippen molar-refractivity contribution in [2.75, 3.05) is 28.3 Å². The molecule has 1 N–H and O–H groups in total. The van der Waals surface area contributed by atoms with Crippen molar-refractivity contribution in [2.45, 2.75) is 38.3 Å². The molecule has 3 aliphatic rings. The van der Waals surface area contributed by atoms with Crippen molar-refractivity contribution in [2.24, 2.45) is 5.10 Å². The fraction of sp³-hybridized carbons (Fsp3) is 0.409. The van der Waals surface area contributed by atoms with Gasteiger partial charge in [0, 0.05) is 42.2 Å². The Morgan fingerprint density at radius 2 is 1.94 bits per heavy atom. The Balaban J connectivity index is 1.25. The highest BCUT2D eigenvalue weighted by Gasteiger charge is 2.37. The van der Waals surface area contributed by atoms with Crippen LogP contribution in [0.5, 0.6) is 0 Å². The van der Waals surface area contributed by atoms with Gasteiger partial charge in [-0.2, -0.15) is 5.10 Å². The summed E-state index contributed by atoms with van der Waals surface area (Å²) in [6, 6.07) is 9.42. The lowest BCUT2D eigenvalue weighted by molar-refractivity contribution is -0.133. The maximum atomic E-state index is 12.7. The average Bonchev–Trinajstić information content (AvgIpc) is 3.39. The van der Waals surface area contributed by atoms with Gasteiger partial charge in [-0.25, -0.2) is 13.4 Å². The number of nitrogens with one attached hydrogen (secondary N) is 1. The van der Waals surface area contributed by atoms with Crippen molar-refractivity contribution in [1.82, 2.24) is 5.01 Å². The summed E-state index contributed by atoms with van der Waals surface area (Å²) in [6.45, 7) is 1.86. The molecule has 0 radical (unpaired) electrons. The fourth-order valence-electron chi connectivity index (χ4n) is 4.42. The van der Waals surface area contributed by atoms with Crippen LogP contribution in [-0.4, -0.2) is 55.0 Å². The molecular weight excluding hydrogens is 448 g/mol. The molecule has 10 heteroatoms. The molecule has 0 aliphatic carbocycles. The van der Waals surface area contributed by atoms with Gasteiger partial charge in [0.15, 0.2) is 9.84 Å². The molecule has 5 rings (SSSR count). The summed E-state index contributed by atoms with van der Waals surface area (Å²) in [5.41, 5.74) is 3.39. The Hall–Kier alpha value is -2.72. The van der Waals surface area contributed by atoms with E-state index in [-0.39, 0.29) is 41.9 Å². The highest BCUT2D eigenvalue weighted by atomic mass is 32.2. The molecule has 0 spiro atoms. The molecule has 2 aromatic rings. The average molecular weight is 473 g/mol. The maximum absolute atomic E-state index is 12.7. The summed E-state index contributed by atoms with van der Waals surface area (Å²) in [4.78, 5) is 28.8. The van der Waals surface area contributed by atoms with Crippen LogP contribution in [0.1, 0.15) is 29.7 Å². The number of sulfone groups is 1. The largest absolute Gasteiger partial charge is 0.367 e. The van der Waals surface area contributed by atoms with E-state index >= 15 is 0 Å². The molecular formula is C22H24N4O4S2. The molecule has 1 unspecified atom stereocenters. The lowest BCUT2D eigenvalue weighted by atomic mass is 10.1. The Bertz CT molecular complexity index is 1190. The van der Waals surface area contributed by atoms with E-state index < -0.39 is 15.9 Å². The predicted octanol–water partition coefficient (Wildman–Crippen LogP) is 2.41. The van der Waals surface area contributed by atoms with Crippen molar-refractivity contribution >= 4 is 50.1 Å². The van der Waals surface area contributed by atoms with Gasteiger partial charge in [-0.3, -0.25) is 9.59 Å². The number of carbonyl (C=O) groups excluding carboxylic acids is 2.